The van der Waals surface area contributed by atoms with E-state index >= 15 is 0 Å². The molecule has 0 aromatic rings. The van der Waals surface area contributed by atoms with Gasteiger partial charge in [0.25, 0.3) is 0 Å². The van der Waals surface area contributed by atoms with Crippen molar-refractivity contribution < 1.29 is 5.11 Å². The van der Waals surface area contributed by atoms with Crippen LogP contribution in [-0.4, -0.2) is 11.7 Å². The molecule has 0 amide bonds. The lowest BCUT2D eigenvalue weighted by atomic mass is 9.72. The smallest absolute Gasteiger partial charge is 0.0689 e. The number of aliphatic hydroxyl groups is 1. The van der Waals surface area contributed by atoms with Gasteiger partial charge in [-0.25, -0.2) is 0 Å². The normalized spacial score (nSPS) is 21.7. The Kier molecular flexibility index (Phi) is 3.55. The van der Waals surface area contributed by atoms with E-state index < -0.39 is 0 Å². The Bertz CT molecular complexity index is 165. The van der Waals surface area contributed by atoms with Crippen LogP contribution >= 0.6 is 0 Å². The van der Waals surface area contributed by atoms with Crippen molar-refractivity contribution in [2.75, 3.05) is 6.61 Å². The molecule has 2 heteroatoms. The van der Waals surface area contributed by atoms with Crippen molar-refractivity contribution in [3.8, 4) is 6.07 Å². The van der Waals surface area contributed by atoms with Crippen molar-refractivity contribution in [3.63, 3.8) is 0 Å². The van der Waals surface area contributed by atoms with E-state index in [1.165, 1.54) is 19.3 Å². The van der Waals surface area contributed by atoms with Gasteiger partial charge >= 0.3 is 0 Å². The molecule has 1 rings (SSSR count). The van der Waals surface area contributed by atoms with Crippen molar-refractivity contribution in [2.24, 2.45) is 5.41 Å². The van der Waals surface area contributed by atoms with Crippen LogP contribution in [0.3, 0.4) is 0 Å². The first-order chi connectivity index (χ1) is 5.83. The Labute approximate surface area is 74.2 Å². The van der Waals surface area contributed by atoms with Gasteiger partial charge in [-0.05, 0) is 25.7 Å². The van der Waals surface area contributed by atoms with E-state index in [1.54, 1.807) is 0 Å². The van der Waals surface area contributed by atoms with Crippen molar-refractivity contribution in [2.45, 2.75) is 44.9 Å². The van der Waals surface area contributed by atoms with Crippen LogP contribution in [0.2, 0.25) is 0 Å². The summed E-state index contributed by atoms with van der Waals surface area (Å²) in [5, 5.41) is 17.7. The molecule has 68 valence electrons. The van der Waals surface area contributed by atoms with Crippen LogP contribution in [-0.2, 0) is 0 Å². The summed E-state index contributed by atoms with van der Waals surface area (Å²) in [5.74, 6) is 0. The topological polar surface area (TPSA) is 44.0 Å². The molecule has 1 aliphatic rings. The molecule has 0 atom stereocenters. The van der Waals surface area contributed by atoms with Crippen molar-refractivity contribution in [3.05, 3.63) is 0 Å². The molecule has 1 N–H and O–H groups in total. The molecule has 0 saturated heterocycles. The number of rotatable bonds is 3. The monoisotopic (exact) mass is 167 g/mol. The lowest BCUT2D eigenvalue weighted by molar-refractivity contribution is 0.209. The molecule has 0 spiro atoms. The standard InChI is InChI=1S/C10H17NO/c11-9-10(7-4-8-12)5-2-1-3-6-10/h12H,1-8H2. The molecule has 1 fully saturated rings. The summed E-state index contributed by atoms with van der Waals surface area (Å²) in [4.78, 5) is 0. The molecule has 0 heterocycles. The van der Waals surface area contributed by atoms with E-state index in [0.29, 0.717) is 0 Å². The maximum Gasteiger partial charge on any atom is 0.0689 e. The highest BCUT2D eigenvalue weighted by Gasteiger charge is 2.30. The number of hydrogen-bond donors (Lipinski definition) is 1. The highest BCUT2D eigenvalue weighted by atomic mass is 16.2. The highest BCUT2D eigenvalue weighted by molar-refractivity contribution is 5.00. The largest absolute Gasteiger partial charge is 0.396 e. The maximum atomic E-state index is 9.04. The van der Waals surface area contributed by atoms with Crippen LogP contribution in [0.1, 0.15) is 44.9 Å². The zero-order chi connectivity index (χ0) is 8.86. The molecule has 0 aliphatic heterocycles. The first kappa shape index (κ1) is 9.54. The van der Waals surface area contributed by atoms with Gasteiger partial charge in [0.1, 0.15) is 0 Å². The fourth-order valence-electron chi connectivity index (χ4n) is 2.06. The highest BCUT2D eigenvalue weighted by Crippen LogP contribution is 2.39. The molecule has 0 radical (unpaired) electrons. The SMILES string of the molecule is N#CC1(CCCO)CCCCC1. The Balaban J connectivity index is 2.44. The Morgan fingerprint density at radius 2 is 1.92 bits per heavy atom. The van der Waals surface area contributed by atoms with E-state index in [-0.39, 0.29) is 12.0 Å². The predicted molar refractivity (Wildman–Crippen MR) is 47.5 cm³/mol. The third-order valence-corrected chi connectivity index (χ3v) is 2.86. The van der Waals surface area contributed by atoms with Gasteiger partial charge in [-0.1, -0.05) is 19.3 Å². The van der Waals surface area contributed by atoms with Crippen molar-refractivity contribution >= 4 is 0 Å². The summed E-state index contributed by atoms with van der Waals surface area (Å²) in [7, 11) is 0. The fraction of sp³-hybridized carbons (Fsp3) is 0.900. The quantitative estimate of drug-likeness (QED) is 0.700. The zero-order valence-electron chi connectivity index (χ0n) is 7.55. The van der Waals surface area contributed by atoms with E-state index in [1.807, 2.05) is 0 Å². The summed E-state index contributed by atoms with van der Waals surface area (Å²) >= 11 is 0. The van der Waals surface area contributed by atoms with Gasteiger partial charge < -0.3 is 5.11 Å². The molecule has 1 saturated carbocycles. The Morgan fingerprint density at radius 1 is 1.25 bits per heavy atom. The van der Waals surface area contributed by atoms with E-state index in [2.05, 4.69) is 6.07 Å². The van der Waals surface area contributed by atoms with E-state index in [4.69, 9.17) is 10.4 Å². The minimum atomic E-state index is -0.0824. The van der Waals surface area contributed by atoms with Gasteiger partial charge in [-0.3, -0.25) is 0 Å². The van der Waals surface area contributed by atoms with E-state index in [0.717, 1.165) is 25.7 Å². The summed E-state index contributed by atoms with van der Waals surface area (Å²) < 4.78 is 0. The van der Waals surface area contributed by atoms with Crippen LogP contribution in [0.4, 0.5) is 0 Å². The molecule has 12 heavy (non-hydrogen) atoms. The fourth-order valence-corrected chi connectivity index (χ4v) is 2.06. The number of nitrogens with zero attached hydrogens (tertiary/aromatic N) is 1. The Hall–Kier alpha value is -0.550. The number of hydrogen-bond acceptors (Lipinski definition) is 2. The zero-order valence-corrected chi connectivity index (χ0v) is 7.55. The van der Waals surface area contributed by atoms with Crippen LogP contribution in [0.25, 0.3) is 0 Å². The predicted octanol–water partition coefficient (Wildman–Crippen LogP) is 2.23. The lowest BCUT2D eigenvalue weighted by Crippen LogP contribution is -2.22. The van der Waals surface area contributed by atoms with Gasteiger partial charge in [0.05, 0.1) is 11.5 Å². The average molecular weight is 167 g/mol. The van der Waals surface area contributed by atoms with E-state index in [9.17, 15) is 0 Å². The van der Waals surface area contributed by atoms with Crippen molar-refractivity contribution in [1.29, 1.82) is 5.26 Å². The number of nitriles is 1. The molecule has 1 aliphatic carbocycles. The molecule has 0 aromatic heterocycles. The van der Waals surface area contributed by atoms with Gasteiger partial charge in [0, 0.05) is 6.61 Å². The molecule has 0 unspecified atom stereocenters. The first-order valence-corrected chi connectivity index (χ1v) is 4.85. The van der Waals surface area contributed by atoms with Gasteiger partial charge in [0.2, 0.25) is 0 Å². The summed E-state index contributed by atoms with van der Waals surface area (Å²) in [6.07, 6.45) is 7.43. The second-order valence-electron chi connectivity index (χ2n) is 3.78. The minimum Gasteiger partial charge on any atom is -0.396 e. The summed E-state index contributed by atoms with van der Waals surface area (Å²) in [6.45, 7) is 0.226. The first-order valence-electron chi connectivity index (χ1n) is 4.85. The third-order valence-electron chi connectivity index (χ3n) is 2.86. The third kappa shape index (κ3) is 2.22. The molecule has 0 aromatic carbocycles. The number of aliphatic hydroxyl groups excluding tert-OH is 1. The van der Waals surface area contributed by atoms with Crippen LogP contribution in [0.5, 0.6) is 0 Å². The maximum absolute atomic E-state index is 9.04. The van der Waals surface area contributed by atoms with Gasteiger partial charge in [-0.2, -0.15) is 5.26 Å². The summed E-state index contributed by atoms with van der Waals surface area (Å²) in [6, 6.07) is 2.44. The molecular formula is C10H17NO. The molecule has 2 nitrogen and oxygen atoms in total. The molecule has 0 bridgehead atoms. The summed E-state index contributed by atoms with van der Waals surface area (Å²) in [5.41, 5.74) is -0.0824. The van der Waals surface area contributed by atoms with Gasteiger partial charge in [0.15, 0.2) is 0 Å². The van der Waals surface area contributed by atoms with Crippen LogP contribution in [0.15, 0.2) is 0 Å². The van der Waals surface area contributed by atoms with Crippen molar-refractivity contribution in [1.82, 2.24) is 0 Å². The van der Waals surface area contributed by atoms with Crippen LogP contribution in [0, 0.1) is 16.7 Å². The second-order valence-corrected chi connectivity index (χ2v) is 3.78. The minimum absolute atomic E-state index is 0.0824. The second kappa shape index (κ2) is 4.47. The molecular weight excluding hydrogens is 150 g/mol. The van der Waals surface area contributed by atoms with Crippen LogP contribution < -0.4 is 0 Å². The average Bonchev–Trinajstić information content (AvgIpc) is 2.16. The Morgan fingerprint density at radius 3 is 2.42 bits per heavy atom. The lowest BCUT2D eigenvalue weighted by Gasteiger charge is -2.30. The van der Waals surface area contributed by atoms with Gasteiger partial charge in [-0.15, -0.1) is 0 Å².